The van der Waals surface area contributed by atoms with Gasteiger partial charge in [-0.2, -0.15) is 0 Å². The number of nitrogens with two attached hydrogens (primary N) is 1. The lowest BCUT2D eigenvalue weighted by Crippen LogP contribution is -2.36. The van der Waals surface area contributed by atoms with E-state index in [1.54, 1.807) is 19.3 Å². The van der Waals surface area contributed by atoms with Gasteiger partial charge in [-0.15, -0.1) is 0 Å². The molecule has 0 radical (unpaired) electrons. The zero-order valence-corrected chi connectivity index (χ0v) is 11.8. The fraction of sp³-hybridized carbons (Fsp3) is 0.231. The zero-order chi connectivity index (χ0) is 15.3. The lowest BCUT2D eigenvalue weighted by atomic mass is 10.1. The van der Waals surface area contributed by atoms with Crippen molar-refractivity contribution in [1.82, 2.24) is 24.1 Å². The first-order chi connectivity index (χ1) is 9.90. The van der Waals surface area contributed by atoms with Crippen LogP contribution in [0.15, 0.2) is 21.9 Å². The van der Waals surface area contributed by atoms with Crippen LogP contribution in [0.3, 0.4) is 0 Å². The highest BCUT2D eigenvalue weighted by Gasteiger charge is 2.15. The maximum atomic E-state index is 12.1. The molecular weight excluding hydrogens is 272 g/mol. The number of aromatic nitrogens is 5. The summed E-state index contributed by atoms with van der Waals surface area (Å²) in [7, 11) is 3.00. The molecule has 0 atom stereocenters. The van der Waals surface area contributed by atoms with Crippen LogP contribution in [0.2, 0.25) is 0 Å². The van der Waals surface area contributed by atoms with E-state index in [0.29, 0.717) is 17.3 Å². The van der Waals surface area contributed by atoms with Gasteiger partial charge in [-0.1, -0.05) is 0 Å². The fourth-order valence-electron chi connectivity index (χ4n) is 2.28. The number of nitrogens with zero attached hydrogens (tertiary/aromatic N) is 4. The molecule has 0 aliphatic carbocycles. The molecule has 108 valence electrons. The topological polar surface area (TPSA) is 112 Å². The molecule has 21 heavy (non-hydrogen) atoms. The zero-order valence-electron chi connectivity index (χ0n) is 11.8. The summed E-state index contributed by atoms with van der Waals surface area (Å²) in [5.74, 6) is 0.893. The van der Waals surface area contributed by atoms with Gasteiger partial charge in [0.25, 0.3) is 5.56 Å². The van der Waals surface area contributed by atoms with E-state index in [9.17, 15) is 9.59 Å². The normalized spacial score (nSPS) is 11.2. The van der Waals surface area contributed by atoms with Crippen molar-refractivity contribution in [1.29, 1.82) is 0 Å². The molecule has 8 nitrogen and oxygen atoms in total. The molecule has 0 amide bonds. The van der Waals surface area contributed by atoms with E-state index >= 15 is 0 Å². The summed E-state index contributed by atoms with van der Waals surface area (Å²) in [5.41, 5.74) is 7.01. The third-order valence-corrected chi connectivity index (χ3v) is 3.48. The molecule has 0 saturated heterocycles. The van der Waals surface area contributed by atoms with Gasteiger partial charge < -0.3 is 10.7 Å². The summed E-state index contributed by atoms with van der Waals surface area (Å²) in [6.07, 6.45) is 1.59. The molecule has 0 bridgehead atoms. The van der Waals surface area contributed by atoms with Gasteiger partial charge in [0.05, 0.1) is 0 Å². The van der Waals surface area contributed by atoms with Crippen molar-refractivity contribution in [3.05, 3.63) is 38.7 Å². The highest BCUT2D eigenvalue weighted by Crippen LogP contribution is 2.22. The first-order valence-corrected chi connectivity index (χ1v) is 6.28. The van der Waals surface area contributed by atoms with E-state index < -0.39 is 11.2 Å². The number of hydrogen-bond acceptors (Lipinski definition) is 5. The number of aromatic amines is 1. The minimum Gasteiger partial charge on any atom is -0.384 e. The molecule has 0 aliphatic rings. The molecular formula is C13H14N6O2. The molecule has 8 heteroatoms. The Hall–Kier alpha value is -2.90. The third kappa shape index (κ3) is 1.83. The second kappa shape index (κ2) is 4.30. The number of pyridine rings is 1. The summed E-state index contributed by atoms with van der Waals surface area (Å²) in [6, 6.07) is 1.72. The Morgan fingerprint density at radius 2 is 1.95 bits per heavy atom. The lowest BCUT2D eigenvalue weighted by Gasteiger charge is -2.02. The summed E-state index contributed by atoms with van der Waals surface area (Å²) >= 11 is 0. The van der Waals surface area contributed by atoms with Crippen LogP contribution in [0.25, 0.3) is 22.6 Å². The largest absolute Gasteiger partial charge is 0.384 e. The van der Waals surface area contributed by atoms with Crippen LogP contribution < -0.4 is 17.0 Å². The molecule has 3 heterocycles. The van der Waals surface area contributed by atoms with Crippen molar-refractivity contribution in [3.63, 3.8) is 0 Å². The molecule has 3 aromatic heterocycles. The van der Waals surface area contributed by atoms with Crippen LogP contribution in [0, 0.1) is 6.92 Å². The number of anilines is 1. The smallest absolute Gasteiger partial charge is 0.332 e. The Morgan fingerprint density at radius 1 is 1.24 bits per heavy atom. The van der Waals surface area contributed by atoms with Gasteiger partial charge in [0.15, 0.2) is 5.65 Å². The predicted molar refractivity (Wildman–Crippen MR) is 79.0 cm³/mol. The average molecular weight is 286 g/mol. The summed E-state index contributed by atoms with van der Waals surface area (Å²) in [4.78, 5) is 35.4. The number of nitrogens with one attached hydrogen (secondary N) is 1. The van der Waals surface area contributed by atoms with Crippen molar-refractivity contribution in [2.45, 2.75) is 6.92 Å². The van der Waals surface area contributed by atoms with Gasteiger partial charge in [-0.25, -0.2) is 14.8 Å². The average Bonchev–Trinajstić information content (AvgIpc) is 2.88. The van der Waals surface area contributed by atoms with Gasteiger partial charge in [0, 0.05) is 25.9 Å². The van der Waals surface area contributed by atoms with Crippen molar-refractivity contribution in [3.8, 4) is 11.4 Å². The fourth-order valence-corrected chi connectivity index (χ4v) is 2.28. The Morgan fingerprint density at radius 3 is 2.62 bits per heavy atom. The number of aryl methyl sites for hydroxylation is 2. The first-order valence-electron chi connectivity index (χ1n) is 6.28. The number of imidazole rings is 1. The van der Waals surface area contributed by atoms with Gasteiger partial charge in [0.2, 0.25) is 0 Å². The molecule has 0 unspecified atom stereocenters. The second-order valence-corrected chi connectivity index (χ2v) is 4.91. The molecule has 3 aromatic rings. The van der Waals surface area contributed by atoms with E-state index in [4.69, 9.17) is 5.73 Å². The van der Waals surface area contributed by atoms with E-state index in [1.807, 2.05) is 6.92 Å². The van der Waals surface area contributed by atoms with Crippen LogP contribution >= 0.6 is 0 Å². The van der Waals surface area contributed by atoms with Crippen LogP contribution in [0.5, 0.6) is 0 Å². The molecule has 0 fully saturated rings. The van der Waals surface area contributed by atoms with Gasteiger partial charge in [-0.05, 0) is 18.6 Å². The Bertz CT molecular complexity index is 979. The van der Waals surface area contributed by atoms with E-state index in [-0.39, 0.29) is 5.52 Å². The van der Waals surface area contributed by atoms with Gasteiger partial charge in [-0.3, -0.25) is 13.9 Å². The molecule has 0 aliphatic heterocycles. The maximum Gasteiger partial charge on any atom is 0.332 e. The second-order valence-electron chi connectivity index (χ2n) is 4.91. The summed E-state index contributed by atoms with van der Waals surface area (Å²) in [5, 5.41) is 0. The number of nitrogen functional groups attached to an aromatic ring is 1. The minimum absolute atomic E-state index is 0.283. The Kier molecular flexibility index (Phi) is 2.68. The lowest BCUT2D eigenvalue weighted by molar-refractivity contribution is 0.709. The summed E-state index contributed by atoms with van der Waals surface area (Å²) in [6.45, 7) is 1.87. The molecule has 0 saturated carbocycles. The van der Waals surface area contributed by atoms with E-state index in [2.05, 4.69) is 15.0 Å². The van der Waals surface area contributed by atoms with Gasteiger partial charge >= 0.3 is 5.69 Å². The highest BCUT2D eigenvalue weighted by molar-refractivity contribution is 5.76. The molecule has 3 rings (SSSR count). The standard InChI is InChI=1S/C13H14N6O2/c1-6-4-8(14)15-5-7(6)10-16-9-11(17-10)18(2)13(21)19(3)12(9)20/h4-5H,1-3H3,(H2,14,15)(H,16,17). The Balaban J connectivity index is 2.37. The maximum absolute atomic E-state index is 12.1. The summed E-state index contributed by atoms with van der Waals surface area (Å²) < 4.78 is 2.37. The van der Waals surface area contributed by atoms with Crippen LogP contribution in [0.1, 0.15) is 5.56 Å². The van der Waals surface area contributed by atoms with Crippen molar-refractivity contribution in [2.75, 3.05) is 5.73 Å². The van der Waals surface area contributed by atoms with Crippen molar-refractivity contribution < 1.29 is 0 Å². The Labute approximate surface area is 118 Å². The van der Waals surface area contributed by atoms with Crippen LogP contribution in [-0.2, 0) is 14.1 Å². The number of fused-ring (bicyclic) bond motifs is 1. The van der Waals surface area contributed by atoms with Crippen LogP contribution in [-0.4, -0.2) is 24.1 Å². The van der Waals surface area contributed by atoms with E-state index in [0.717, 1.165) is 15.7 Å². The molecule has 0 spiro atoms. The number of hydrogen-bond donors (Lipinski definition) is 2. The first kappa shape index (κ1) is 13.1. The van der Waals surface area contributed by atoms with Crippen molar-refractivity contribution in [2.24, 2.45) is 14.1 Å². The molecule has 3 N–H and O–H groups in total. The molecule has 0 aromatic carbocycles. The van der Waals surface area contributed by atoms with Crippen molar-refractivity contribution >= 4 is 17.0 Å². The number of rotatable bonds is 1. The third-order valence-electron chi connectivity index (χ3n) is 3.48. The van der Waals surface area contributed by atoms with Crippen LogP contribution in [0.4, 0.5) is 5.82 Å². The number of H-pyrrole nitrogens is 1. The highest BCUT2D eigenvalue weighted by atomic mass is 16.2. The SMILES string of the molecule is Cc1cc(N)ncc1-c1nc2c([nH]1)c(=O)n(C)c(=O)n2C. The quantitative estimate of drug-likeness (QED) is 0.649. The minimum atomic E-state index is -0.419. The predicted octanol–water partition coefficient (Wildman–Crippen LogP) is -0.0871. The van der Waals surface area contributed by atoms with Gasteiger partial charge in [0.1, 0.15) is 17.2 Å². The van der Waals surface area contributed by atoms with E-state index in [1.165, 1.54) is 11.6 Å². The monoisotopic (exact) mass is 286 g/mol.